The van der Waals surface area contributed by atoms with Gasteiger partial charge in [0, 0.05) is 19.8 Å². The molecule has 0 amide bonds. The van der Waals surface area contributed by atoms with Crippen LogP contribution < -0.4 is 10.6 Å². The summed E-state index contributed by atoms with van der Waals surface area (Å²) >= 11 is 10.5. The van der Waals surface area contributed by atoms with Crippen molar-refractivity contribution in [1.29, 1.82) is 0 Å². The number of rotatable bonds is 2. The molecule has 0 radical (unpaired) electrons. The Morgan fingerprint density at radius 3 is 2.92 bits per heavy atom. The Bertz CT molecular complexity index is 286. The van der Waals surface area contributed by atoms with Crippen molar-refractivity contribution in [3.63, 3.8) is 0 Å². The molecular formula is C8H10ClN3S. The molecule has 5 heteroatoms. The average Bonchev–Trinajstić information content (AvgIpc) is 2.16. The van der Waals surface area contributed by atoms with Crippen LogP contribution in [-0.2, 0) is 6.54 Å². The highest BCUT2D eigenvalue weighted by atomic mass is 35.5. The molecule has 0 fully saturated rings. The molecular weight excluding hydrogens is 206 g/mol. The number of pyridine rings is 1. The first-order valence-electron chi connectivity index (χ1n) is 3.78. The summed E-state index contributed by atoms with van der Waals surface area (Å²) in [4.78, 5) is 3.94. The van der Waals surface area contributed by atoms with Gasteiger partial charge in [-0.15, -0.1) is 0 Å². The van der Waals surface area contributed by atoms with Crippen molar-refractivity contribution < 1.29 is 0 Å². The molecule has 3 nitrogen and oxygen atoms in total. The van der Waals surface area contributed by atoms with Crippen LogP contribution in [0.25, 0.3) is 0 Å². The van der Waals surface area contributed by atoms with Crippen LogP contribution >= 0.6 is 23.8 Å². The zero-order valence-corrected chi connectivity index (χ0v) is 8.75. The second kappa shape index (κ2) is 4.99. The molecule has 0 saturated carbocycles. The number of hydrogen-bond donors (Lipinski definition) is 2. The van der Waals surface area contributed by atoms with Gasteiger partial charge in [-0.25, -0.2) is 4.98 Å². The Kier molecular flexibility index (Phi) is 3.92. The molecule has 0 aliphatic rings. The summed E-state index contributed by atoms with van der Waals surface area (Å²) < 4.78 is 0. The topological polar surface area (TPSA) is 37.0 Å². The van der Waals surface area contributed by atoms with Crippen molar-refractivity contribution in [2.75, 3.05) is 7.05 Å². The Hall–Kier alpha value is -0.870. The monoisotopic (exact) mass is 215 g/mol. The predicted octanol–water partition coefficient (Wildman–Crippen LogP) is 1.33. The summed E-state index contributed by atoms with van der Waals surface area (Å²) in [5, 5.41) is 6.95. The van der Waals surface area contributed by atoms with Gasteiger partial charge in [0.2, 0.25) is 0 Å². The van der Waals surface area contributed by atoms with Gasteiger partial charge in [0.05, 0.1) is 0 Å². The molecule has 1 rings (SSSR count). The van der Waals surface area contributed by atoms with Crippen molar-refractivity contribution in [3.05, 3.63) is 29.0 Å². The van der Waals surface area contributed by atoms with Crippen molar-refractivity contribution in [3.8, 4) is 0 Å². The van der Waals surface area contributed by atoms with Crippen molar-refractivity contribution >= 4 is 28.9 Å². The van der Waals surface area contributed by atoms with E-state index in [2.05, 4.69) is 15.6 Å². The zero-order valence-electron chi connectivity index (χ0n) is 7.17. The van der Waals surface area contributed by atoms with E-state index >= 15 is 0 Å². The molecule has 1 aromatic rings. The summed E-state index contributed by atoms with van der Waals surface area (Å²) in [6, 6.07) is 3.65. The summed E-state index contributed by atoms with van der Waals surface area (Å²) in [5.74, 6) is 0. The molecule has 2 N–H and O–H groups in total. The molecule has 0 spiro atoms. The Labute approximate surface area is 87.5 Å². The first-order valence-corrected chi connectivity index (χ1v) is 4.57. The van der Waals surface area contributed by atoms with Gasteiger partial charge >= 0.3 is 0 Å². The van der Waals surface area contributed by atoms with Gasteiger partial charge in [-0.1, -0.05) is 17.7 Å². The molecule has 0 unspecified atom stereocenters. The maximum Gasteiger partial charge on any atom is 0.166 e. The molecule has 0 aliphatic carbocycles. The smallest absolute Gasteiger partial charge is 0.166 e. The minimum atomic E-state index is 0.500. The Balaban J connectivity index is 2.46. The van der Waals surface area contributed by atoms with Crippen LogP contribution in [0.5, 0.6) is 0 Å². The SMILES string of the molecule is CNC(=S)NCc1ccc(Cl)nc1. The van der Waals surface area contributed by atoms with Gasteiger partial charge < -0.3 is 10.6 Å². The van der Waals surface area contributed by atoms with Gasteiger partial charge in [-0.3, -0.25) is 0 Å². The van der Waals surface area contributed by atoms with Crippen LogP contribution in [0.1, 0.15) is 5.56 Å². The third kappa shape index (κ3) is 3.57. The fourth-order valence-corrected chi connectivity index (χ4v) is 0.966. The summed E-state index contributed by atoms with van der Waals surface area (Å²) in [5.41, 5.74) is 1.04. The predicted molar refractivity (Wildman–Crippen MR) is 57.7 cm³/mol. The minimum Gasteiger partial charge on any atom is -0.366 e. The van der Waals surface area contributed by atoms with Gasteiger partial charge in [0.15, 0.2) is 5.11 Å². The Morgan fingerprint density at radius 2 is 2.38 bits per heavy atom. The summed E-state index contributed by atoms with van der Waals surface area (Å²) in [7, 11) is 1.77. The second-order valence-electron chi connectivity index (χ2n) is 2.42. The fraction of sp³-hybridized carbons (Fsp3) is 0.250. The lowest BCUT2D eigenvalue weighted by Crippen LogP contribution is -2.31. The number of aromatic nitrogens is 1. The number of nitrogens with one attached hydrogen (secondary N) is 2. The third-order valence-corrected chi connectivity index (χ3v) is 2.04. The average molecular weight is 216 g/mol. The van der Waals surface area contributed by atoms with E-state index in [1.807, 2.05) is 6.07 Å². The van der Waals surface area contributed by atoms with Crippen LogP contribution in [0, 0.1) is 0 Å². The molecule has 0 bridgehead atoms. The molecule has 1 aromatic heterocycles. The number of hydrogen-bond acceptors (Lipinski definition) is 2. The lowest BCUT2D eigenvalue weighted by atomic mass is 10.3. The third-order valence-electron chi connectivity index (χ3n) is 1.47. The van der Waals surface area contributed by atoms with E-state index in [4.69, 9.17) is 23.8 Å². The number of thiocarbonyl (C=S) groups is 1. The second-order valence-corrected chi connectivity index (χ2v) is 3.22. The highest BCUT2D eigenvalue weighted by Gasteiger charge is 1.94. The molecule has 0 atom stereocenters. The van der Waals surface area contributed by atoms with Crippen molar-refractivity contribution in [1.82, 2.24) is 15.6 Å². The number of halogens is 1. The Morgan fingerprint density at radius 1 is 1.62 bits per heavy atom. The maximum absolute atomic E-state index is 5.63. The van der Waals surface area contributed by atoms with Gasteiger partial charge in [-0.05, 0) is 23.8 Å². The quantitative estimate of drug-likeness (QED) is 0.577. The van der Waals surface area contributed by atoms with Gasteiger partial charge in [-0.2, -0.15) is 0 Å². The van der Waals surface area contributed by atoms with Crippen LogP contribution in [0.3, 0.4) is 0 Å². The zero-order chi connectivity index (χ0) is 9.68. The number of nitrogens with zero attached hydrogens (tertiary/aromatic N) is 1. The van der Waals surface area contributed by atoms with Crippen molar-refractivity contribution in [2.45, 2.75) is 6.54 Å². The highest BCUT2D eigenvalue weighted by Crippen LogP contribution is 2.04. The van der Waals surface area contributed by atoms with E-state index in [1.165, 1.54) is 0 Å². The minimum absolute atomic E-state index is 0.500. The van der Waals surface area contributed by atoms with E-state index in [-0.39, 0.29) is 0 Å². The largest absolute Gasteiger partial charge is 0.366 e. The van der Waals surface area contributed by atoms with Crippen molar-refractivity contribution in [2.24, 2.45) is 0 Å². The summed E-state index contributed by atoms with van der Waals surface area (Å²) in [6.45, 7) is 0.657. The van der Waals surface area contributed by atoms with Gasteiger partial charge in [0.1, 0.15) is 5.15 Å². The van der Waals surface area contributed by atoms with Crippen LogP contribution in [-0.4, -0.2) is 17.1 Å². The van der Waals surface area contributed by atoms with Gasteiger partial charge in [0.25, 0.3) is 0 Å². The first kappa shape index (κ1) is 10.2. The van der Waals surface area contributed by atoms with Crippen LogP contribution in [0.2, 0.25) is 5.15 Å². The molecule has 1 heterocycles. The first-order chi connectivity index (χ1) is 6.22. The lowest BCUT2D eigenvalue weighted by Gasteiger charge is -2.06. The van der Waals surface area contributed by atoms with E-state index in [9.17, 15) is 0 Å². The van der Waals surface area contributed by atoms with E-state index in [0.29, 0.717) is 16.8 Å². The molecule has 70 valence electrons. The lowest BCUT2D eigenvalue weighted by molar-refractivity contribution is 0.884. The van der Waals surface area contributed by atoms with Crippen LogP contribution in [0.4, 0.5) is 0 Å². The maximum atomic E-state index is 5.63. The fourth-order valence-electron chi connectivity index (χ4n) is 0.782. The standard InChI is InChI=1S/C8H10ClN3S/c1-10-8(13)12-5-6-2-3-7(9)11-4-6/h2-4H,5H2,1H3,(H2,10,12,13). The molecule has 13 heavy (non-hydrogen) atoms. The van der Waals surface area contributed by atoms with E-state index in [0.717, 1.165) is 5.56 Å². The highest BCUT2D eigenvalue weighted by molar-refractivity contribution is 7.80. The molecule has 0 aromatic carbocycles. The molecule has 0 saturated heterocycles. The van der Waals surface area contributed by atoms with Crippen LogP contribution in [0.15, 0.2) is 18.3 Å². The normalized spacial score (nSPS) is 9.38. The molecule has 0 aliphatic heterocycles. The summed E-state index contributed by atoms with van der Waals surface area (Å²) in [6.07, 6.45) is 1.72. The van der Waals surface area contributed by atoms with E-state index in [1.54, 1.807) is 19.3 Å². The van der Waals surface area contributed by atoms with E-state index < -0.39 is 0 Å².